The van der Waals surface area contributed by atoms with E-state index in [4.69, 9.17) is 0 Å². The van der Waals surface area contributed by atoms with Crippen LogP contribution in [0.3, 0.4) is 0 Å². The van der Waals surface area contributed by atoms with Gasteiger partial charge in [0.2, 0.25) is 0 Å². The van der Waals surface area contributed by atoms with Gasteiger partial charge in [-0.1, -0.05) is 11.3 Å². The van der Waals surface area contributed by atoms with Gasteiger partial charge in [-0.05, 0) is 62.5 Å². The maximum Gasteiger partial charge on any atom is 0.189 e. The number of aromatic hydroxyl groups is 1. The number of aromatic nitrogens is 1. The maximum absolute atomic E-state index is 9.58. The Bertz CT molecular complexity index is 793. The van der Waals surface area contributed by atoms with Crippen LogP contribution < -0.4 is 10.6 Å². The molecule has 3 fully saturated rings. The summed E-state index contributed by atoms with van der Waals surface area (Å²) in [6.07, 6.45) is 6.01. The molecule has 4 aliphatic rings. The van der Waals surface area contributed by atoms with Crippen LogP contribution in [0, 0.1) is 5.92 Å². The largest absolute Gasteiger partial charge is 0.508 e. The highest BCUT2D eigenvalue weighted by Crippen LogP contribution is 2.41. The first-order valence-electron chi connectivity index (χ1n) is 8.27. The van der Waals surface area contributed by atoms with Crippen molar-refractivity contribution in [2.45, 2.75) is 24.8 Å². The first kappa shape index (κ1) is 13.6. The smallest absolute Gasteiger partial charge is 0.189 e. The van der Waals surface area contributed by atoms with Crippen LogP contribution in [0.2, 0.25) is 0 Å². The zero-order valence-electron chi connectivity index (χ0n) is 12.9. The number of hydrogen-bond acceptors (Lipinski definition) is 6. The minimum Gasteiger partial charge on any atom is -0.508 e. The summed E-state index contributed by atoms with van der Waals surface area (Å²) in [5.41, 5.74) is 1.15. The molecule has 1 spiro atoms. The van der Waals surface area contributed by atoms with E-state index in [1.54, 1.807) is 23.5 Å². The van der Waals surface area contributed by atoms with Crippen molar-refractivity contribution in [3.8, 4) is 5.75 Å². The number of thiazole rings is 1. The monoisotopic (exact) mass is 328 g/mol. The van der Waals surface area contributed by atoms with Crippen molar-refractivity contribution in [1.29, 1.82) is 0 Å². The SMILES string of the molecule is Oc1ccc2nc(NC3=CCC4(CN5CCC4CC5)N3)sc2c1. The predicted octanol–water partition coefficient (Wildman–Crippen LogP) is 2.71. The lowest BCUT2D eigenvalue weighted by molar-refractivity contribution is 0.0189. The van der Waals surface area contributed by atoms with E-state index in [2.05, 4.69) is 26.6 Å². The van der Waals surface area contributed by atoms with Crippen molar-refractivity contribution in [3.05, 3.63) is 30.1 Å². The van der Waals surface area contributed by atoms with Crippen LogP contribution in [0.1, 0.15) is 19.3 Å². The maximum atomic E-state index is 9.58. The molecule has 1 aromatic carbocycles. The third-order valence-electron chi connectivity index (χ3n) is 5.54. The number of nitrogens with one attached hydrogen (secondary N) is 2. The average Bonchev–Trinajstić information content (AvgIpc) is 3.12. The highest BCUT2D eigenvalue weighted by molar-refractivity contribution is 7.22. The minimum atomic E-state index is 0.230. The zero-order valence-corrected chi connectivity index (χ0v) is 13.7. The molecule has 0 aliphatic carbocycles. The Hall–Kier alpha value is -1.79. The van der Waals surface area contributed by atoms with Gasteiger partial charge in [0.15, 0.2) is 5.13 Å². The van der Waals surface area contributed by atoms with Crippen molar-refractivity contribution in [2.24, 2.45) is 5.92 Å². The van der Waals surface area contributed by atoms with E-state index in [9.17, 15) is 5.11 Å². The number of rotatable bonds is 2. The summed E-state index contributed by atoms with van der Waals surface area (Å²) in [4.78, 5) is 7.19. The van der Waals surface area contributed by atoms with E-state index in [-0.39, 0.29) is 11.3 Å². The van der Waals surface area contributed by atoms with Gasteiger partial charge in [0.1, 0.15) is 11.6 Å². The van der Waals surface area contributed by atoms with Crippen LogP contribution >= 0.6 is 11.3 Å². The van der Waals surface area contributed by atoms with Gasteiger partial charge in [-0.15, -0.1) is 0 Å². The van der Waals surface area contributed by atoms with Crippen LogP contribution in [0.25, 0.3) is 10.2 Å². The number of phenols is 1. The molecule has 5 nitrogen and oxygen atoms in total. The summed E-state index contributed by atoms with van der Waals surface area (Å²) in [6.45, 7) is 3.68. The van der Waals surface area contributed by atoms with Crippen LogP contribution in [-0.4, -0.2) is 40.2 Å². The third-order valence-corrected chi connectivity index (χ3v) is 6.48. The molecule has 1 atom stereocenters. The van der Waals surface area contributed by atoms with Crippen LogP contribution in [0.5, 0.6) is 5.75 Å². The number of fused-ring (bicyclic) bond motifs is 3. The number of nitrogens with zero attached hydrogens (tertiary/aromatic N) is 2. The van der Waals surface area contributed by atoms with Crippen molar-refractivity contribution in [2.75, 3.05) is 25.0 Å². The number of anilines is 1. The van der Waals surface area contributed by atoms with Gasteiger partial charge in [0.05, 0.1) is 15.8 Å². The Morgan fingerprint density at radius 2 is 2.22 bits per heavy atom. The van der Waals surface area contributed by atoms with Gasteiger partial charge < -0.3 is 20.6 Å². The topological polar surface area (TPSA) is 60.4 Å². The number of phenolic OH excluding ortho intramolecular Hbond substituents is 1. The highest BCUT2D eigenvalue weighted by Gasteiger charge is 2.48. The molecule has 1 aromatic heterocycles. The van der Waals surface area contributed by atoms with E-state index < -0.39 is 0 Å². The predicted molar refractivity (Wildman–Crippen MR) is 92.6 cm³/mol. The van der Waals surface area contributed by atoms with Crippen molar-refractivity contribution in [1.82, 2.24) is 15.2 Å². The third kappa shape index (κ3) is 2.20. The Morgan fingerprint density at radius 1 is 1.35 bits per heavy atom. The van der Waals surface area contributed by atoms with E-state index in [1.807, 2.05) is 6.07 Å². The normalized spacial score (nSPS) is 32.3. The van der Waals surface area contributed by atoms with Gasteiger partial charge in [-0.3, -0.25) is 0 Å². The van der Waals surface area contributed by atoms with Gasteiger partial charge in [-0.25, -0.2) is 4.98 Å². The van der Waals surface area contributed by atoms with Crippen LogP contribution in [0.15, 0.2) is 30.1 Å². The summed E-state index contributed by atoms with van der Waals surface area (Å²) < 4.78 is 1.00. The molecule has 120 valence electrons. The fourth-order valence-electron chi connectivity index (χ4n) is 4.36. The quantitative estimate of drug-likeness (QED) is 0.791. The molecule has 23 heavy (non-hydrogen) atoms. The second-order valence-corrected chi connectivity index (χ2v) is 7.98. The molecule has 0 radical (unpaired) electrons. The van der Waals surface area contributed by atoms with Crippen molar-refractivity contribution >= 4 is 26.7 Å². The lowest BCUT2D eigenvalue weighted by Gasteiger charge is -2.52. The molecular formula is C17H20N4OS. The highest BCUT2D eigenvalue weighted by atomic mass is 32.1. The van der Waals surface area contributed by atoms with E-state index in [1.165, 1.54) is 25.9 Å². The molecule has 1 unspecified atom stereocenters. The molecule has 2 bridgehead atoms. The second kappa shape index (κ2) is 4.85. The van der Waals surface area contributed by atoms with Crippen LogP contribution in [-0.2, 0) is 0 Å². The Balaban J connectivity index is 1.35. The average molecular weight is 328 g/mol. The first-order valence-corrected chi connectivity index (χ1v) is 9.09. The molecule has 6 heteroatoms. The van der Waals surface area contributed by atoms with E-state index >= 15 is 0 Å². The van der Waals surface area contributed by atoms with E-state index in [0.29, 0.717) is 0 Å². The standard InChI is InChI=1S/C17H20N4OS/c22-12-1-2-13-14(9-12)23-16(18-13)19-15-3-6-17(20-15)10-21-7-4-11(17)5-8-21/h1-3,9,11,20,22H,4-8,10H2,(H,18,19). The van der Waals surface area contributed by atoms with Gasteiger partial charge in [0.25, 0.3) is 0 Å². The molecule has 6 rings (SSSR count). The summed E-state index contributed by atoms with van der Waals surface area (Å²) >= 11 is 1.58. The van der Waals surface area contributed by atoms with E-state index in [0.717, 1.165) is 40.1 Å². The number of benzene rings is 1. The van der Waals surface area contributed by atoms with Gasteiger partial charge in [-0.2, -0.15) is 0 Å². The number of piperidine rings is 3. The molecule has 4 aliphatic heterocycles. The molecule has 0 saturated carbocycles. The molecule has 0 amide bonds. The molecule has 5 heterocycles. The Morgan fingerprint density at radius 3 is 3.00 bits per heavy atom. The lowest BCUT2D eigenvalue weighted by Crippen LogP contribution is -2.64. The molecular weight excluding hydrogens is 308 g/mol. The molecule has 3 N–H and O–H groups in total. The Labute approximate surface area is 139 Å². The fourth-order valence-corrected chi connectivity index (χ4v) is 5.27. The van der Waals surface area contributed by atoms with Crippen LogP contribution in [0.4, 0.5) is 5.13 Å². The second-order valence-electron chi connectivity index (χ2n) is 6.95. The molecule has 2 aromatic rings. The number of hydrogen-bond donors (Lipinski definition) is 3. The zero-order chi connectivity index (χ0) is 15.4. The first-order chi connectivity index (χ1) is 11.2. The summed E-state index contributed by atoms with van der Waals surface area (Å²) in [7, 11) is 0. The summed E-state index contributed by atoms with van der Waals surface area (Å²) in [6, 6.07) is 5.31. The van der Waals surface area contributed by atoms with Crippen molar-refractivity contribution in [3.63, 3.8) is 0 Å². The fraction of sp³-hybridized carbons (Fsp3) is 0.471. The minimum absolute atomic E-state index is 0.230. The molecule has 3 saturated heterocycles. The summed E-state index contributed by atoms with van der Waals surface area (Å²) in [5, 5.41) is 17.7. The summed E-state index contributed by atoms with van der Waals surface area (Å²) in [5.74, 6) is 2.16. The van der Waals surface area contributed by atoms with Gasteiger partial charge in [0, 0.05) is 6.54 Å². The lowest BCUT2D eigenvalue weighted by atomic mass is 9.72. The Kier molecular flexibility index (Phi) is 2.87. The van der Waals surface area contributed by atoms with Crippen molar-refractivity contribution < 1.29 is 5.11 Å². The van der Waals surface area contributed by atoms with Gasteiger partial charge >= 0.3 is 0 Å².